The van der Waals surface area contributed by atoms with E-state index in [9.17, 15) is 40.5 Å². The van der Waals surface area contributed by atoms with E-state index < -0.39 is 74.2 Å². The van der Waals surface area contributed by atoms with Crippen molar-refractivity contribution in [3.8, 4) is 0 Å². The van der Waals surface area contributed by atoms with Crippen LogP contribution in [-0.4, -0.2) is 110 Å². The van der Waals surface area contributed by atoms with Crippen LogP contribution in [0.4, 0.5) is 0 Å². The zero-order valence-electron chi connectivity index (χ0n) is 36.5. The number of carbonyl (C=O) groups is 1. The van der Waals surface area contributed by atoms with E-state index in [4.69, 9.17) is 9.47 Å². The minimum Gasteiger partial charge on any atom is -0.394 e. The Morgan fingerprint density at radius 2 is 1.12 bits per heavy atom. The first-order valence-corrected chi connectivity index (χ1v) is 23.4. The molecule has 1 rings (SSSR count). The van der Waals surface area contributed by atoms with Gasteiger partial charge in [0, 0.05) is 0 Å². The molecule has 11 heteroatoms. The van der Waals surface area contributed by atoms with Crippen molar-refractivity contribution in [3.05, 3.63) is 36.5 Å². The highest BCUT2D eigenvalue weighted by Gasteiger charge is 2.44. The van der Waals surface area contributed by atoms with Crippen molar-refractivity contribution in [2.75, 3.05) is 13.2 Å². The van der Waals surface area contributed by atoms with Crippen LogP contribution in [0, 0.1) is 0 Å². The number of allylic oxidation sites excluding steroid dienone is 6. The molecule has 8 N–H and O–H groups in total. The highest BCUT2D eigenvalue weighted by molar-refractivity contribution is 5.80. The summed E-state index contributed by atoms with van der Waals surface area (Å²) in [6, 6.07) is -1.18. The lowest BCUT2D eigenvalue weighted by molar-refractivity contribution is -0.303. The van der Waals surface area contributed by atoms with E-state index in [1.165, 1.54) is 96.3 Å². The predicted octanol–water partition coefficient (Wildman–Crippen LogP) is 7.61. The molecule has 0 aromatic carbocycles. The van der Waals surface area contributed by atoms with Crippen molar-refractivity contribution in [1.29, 1.82) is 0 Å². The van der Waals surface area contributed by atoms with Gasteiger partial charge >= 0.3 is 0 Å². The summed E-state index contributed by atoms with van der Waals surface area (Å²) in [6.07, 6.45) is 30.6. The fraction of sp³-hybridized carbons (Fsp3) is 0.851. The van der Waals surface area contributed by atoms with Gasteiger partial charge in [0.15, 0.2) is 6.29 Å². The highest BCUT2D eigenvalue weighted by Crippen LogP contribution is 2.23. The molecule has 1 aliphatic heterocycles. The Morgan fingerprint density at radius 3 is 1.67 bits per heavy atom. The number of aliphatic hydroxyl groups is 7. The average molecular weight is 826 g/mol. The minimum atomic E-state index is -1.67. The van der Waals surface area contributed by atoms with E-state index in [2.05, 4.69) is 55.6 Å². The third-order valence-electron chi connectivity index (χ3n) is 11.2. The monoisotopic (exact) mass is 826 g/mol. The van der Waals surface area contributed by atoms with Crippen molar-refractivity contribution in [3.63, 3.8) is 0 Å². The fourth-order valence-electron chi connectivity index (χ4n) is 7.30. The molecular formula is C47H87NO10. The van der Waals surface area contributed by atoms with Gasteiger partial charge in [0.2, 0.25) is 5.91 Å². The third kappa shape index (κ3) is 26.5. The van der Waals surface area contributed by atoms with Crippen LogP contribution in [0.15, 0.2) is 36.5 Å². The zero-order chi connectivity index (χ0) is 42.6. The average Bonchev–Trinajstić information content (AvgIpc) is 3.22. The molecule has 0 radical (unpaired) electrons. The van der Waals surface area contributed by atoms with Gasteiger partial charge in [-0.1, -0.05) is 159 Å². The van der Waals surface area contributed by atoms with Gasteiger partial charge in [0.05, 0.1) is 25.4 Å². The number of amides is 1. The van der Waals surface area contributed by atoms with Crippen LogP contribution in [0.25, 0.3) is 0 Å². The molecule has 0 aliphatic carbocycles. The molecule has 1 aliphatic rings. The molecule has 0 aromatic heterocycles. The largest absolute Gasteiger partial charge is 0.394 e. The van der Waals surface area contributed by atoms with Gasteiger partial charge in [-0.25, -0.2) is 0 Å². The zero-order valence-corrected chi connectivity index (χ0v) is 36.5. The molecule has 1 amide bonds. The standard InChI is InChI=1S/C47H87NO10/c1-3-5-7-9-11-13-15-16-17-18-19-20-21-22-23-25-27-29-31-33-35-40(51)46(56)48-38(37-57-47-45(55)44(54)43(53)41(36-49)58-47)42(52)39(50)34-32-30-28-26-24-14-12-10-8-6-4-2/h5,7,11,13,26,28,38-45,47,49-55H,3-4,6,8-10,12,14-25,27,29-37H2,1-2H3,(H,48,56)/b7-5-,13-11-,28-26+. The van der Waals surface area contributed by atoms with Gasteiger partial charge in [-0.2, -0.15) is 0 Å². The summed E-state index contributed by atoms with van der Waals surface area (Å²) in [5.41, 5.74) is 0. The molecule has 0 bridgehead atoms. The molecule has 11 nitrogen and oxygen atoms in total. The van der Waals surface area contributed by atoms with Crippen LogP contribution in [0.5, 0.6) is 0 Å². The van der Waals surface area contributed by atoms with E-state index in [-0.39, 0.29) is 12.8 Å². The maximum absolute atomic E-state index is 13.1. The van der Waals surface area contributed by atoms with Crippen molar-refractivity contribution in [1.82, 2.24) is 5.32 Å². The number of aliphatic hydroxyl groups excluding tert-OH is 7. The molecule has 58 heavy (non-hydrogen) atoms. The van der Waals surface area contributed by atoms with E-state index in [0.717, 1.165) is 51.4 Å². The normalized spacial score (nSPS) is 22.3. The maximum Gasteiger partial charge on any atom is 0.249 e. The first-order valence-electron chi connectivity index (χ1n) is 23.4. The molecule has 0 saturated carbocycles. The number of hydrogen-bond donors (Lipinski definition) is 8. The quantitative estimate of drug-likeness (QED) is 0.0227. The Labute approximate surface area is 352 Å². The van der Waals surface area contributed by atoms with Crippen LogP contribution in [0.2, 0.25) is 0 Å². The molecule has 1 saturated heterocycles. The Balaban J connectivity index is 2.41. The van der Waals surface area contributed by atoms with E-state index in [1.807, 2.05) is 0 Å². The fourth-order valence-corrected chi connectivity index (χ4v) is 7.30. The van der Waals surface area contributed by atoms with E-state index >= 15 is 0 Å². The van der Waals surface area contributed by atoms with Crippen molar-refractivity contribution >= 4 is 5.91 Å². The number of unbranched alkanes of at least 4 members (excludes halogenated alkanes) is 20. The van der Waals surface area contributed by atoms with Crippen molar-refractivity contribution < 1.29 is 50.0 Å². The topological polar surface area (TPSA) is 189 Å². The van der Waals surface area contributed by atoms with Crippen LogP contribution < -0.4 is 5.32 Å². The second-order valence-corrected chi connectivity index (χ2v) is 16.4. The summed E-state index contributed by atoms with van der Waals surface area (Å²) in [4.78, 5) is 13.1. The smallest absolute Gasteiger partial charge is 0.249 e. The third-order valence-corrected chi connectivity index (χ3v) is 11.2. The van der Waals surface area contributed by atoms with Gasteiger partial charge in [-0.15, -0.1) is 0 Å². The Bertz CT molecular complexity index is 1040. The number of ether oxygens (including phenoxy) is 2. The SMILES string of the molecule is CC/C=C\C/C=C\CCCCCCCCCCCCCCCC(O)C(=O)NC(COC1OC(CO)C(O)C(O)C1O)C(O)C(O)CCC/C=C/CCCCCCCC. The lowest BCUT2D eigenvalue weighted by atomic mass is 9.98. The van der Waals surface area contributed by atoms with Crippen LogP contribution in [0.3, 0.4) is 0 Å². The number of rotatable bonds is 38. The Hall–Kier alpha value is -1.67. The molecule has 1 heterocycles. The molecule has 0 aromatic rings. The molecule has 0 spiro atoms. The second kappa shape index (κ2) is 37.1. The molecule has 340 valence electrons. The molecular weight excluding hydrogens is 739 g/mol. The predicted molar refractivity (Wildman–Crippen MR) is 233 cm³/mol. The summed E-state index contributed by atoms with van der Waals surface area (Å²) in [7, 11) is 0. The first-order chi connectivity index (χ1) is 28.2. The molecule has 1 fully saturated rings. The highest BCUT2D eigenvalue weighted by atomic mass is 16.7. The van der Waals surface area contributed by atoms with Gasteiger partial charge in [-0.3, -0.25) is 4.79 Å². The number of nitrogens with one attached hydrogen (secondary N) is 1. The maximum atomic E-state index is 13.1. The number of hydrogen-bond acceptors (Lipinski definition) is 10. The van der Waals surface area contributed by atoms with Crippen molar-refractivity contribution in [2.24, 2.45) is 0 Å². The molecule has 9 unspecified atom stereocenters. The summed E-state index contributed by atoms with van der Waals surface area (Å²) < 4.78 is 11.1. The lowest BCUT2D eigenvalue weighted by Gasteiger charge is -2.40. The molecule has 9 atom stereocenters. The Kier molecular flexibility index (Phi) is 34.8. The van der Waals surface area contributed by atoms with Gasteiger partial charge < -0.3 is 50.5 Å². The Morgan fingerprint density at radius 1 is 0.621 bits per heavy atom. The summed E-state index contributed by atoms with van der Waals surface area (Å²) in [5, 5.41) is 75.5. The van der Waals surface area contributed by atoms with E-state index in [0.29, 0.717) is 12.8 Å². The first kappa shape index (κ1) is 54.3. The lowest BCUT2D eigenvalue weighted by Crippen LogP contribution is -2.60. The van der Waals surface area contributed by atoms with Gasteiger partial charge in [-0.05, 0) is 64.2 Å². The van der Waals surface area contributed by atoms with Gasteiger partial charge in [0.25, 0.3) is 0 Å². The summed E-state index contributed by atoms with van der Waals surface area (Å²) in [6.45, 7) is 3.29. The summed E-state index contributed by atoms with van der Waals surface area (Å²) >= 11 is 0. The summed E-state index contributed by atoms with van der Waals surface area (Å²) in [5.74, 6) is -0.710. The second-order valence-electron chi connectivity index (χ2n) is 16.4. The van der Waals surface area contributed by atoms with E-state index in [1.54, 1.807) is 0 Å². The van der Waals surface area contributed by atoms with Gasteiger partial charge in [0.1, 0.15) is 36.6 Å². The minimum absolute atomic E-state index is 0.252. The number of carbonyl (C=O) groups excluding carboxylic acids is 1. The van der Waals surface area contributed by atoms with Crippen LogP contribution >= 0.6 is 0 Å². The van der Waals surface area contributed by atoms with Crippen LogP contribution in [-0.2, 0) is 14.3 Å². The van der Waals surface area contributed by atoms with Crippen molar-refractivity contribution in [2.45, 2.75) is 242 Å². The van der Waals surface area contributed by atoms with Crippen LogP contribution in [0.1, 0.15) is 187 Å².